The van der Waals surface area contributed by atoms with Gasteiger partial charge in [-0.25, -0.2) is 12.8 Å². The van der Waals surface area contributed by atoms with Gasteiger partial charge in [0.15, 0.2) is 0 Å². The van der Waals surface area contributed by atoms with Crippen molar-refractivity contribution >= 4 is 27.4 Å². The van der Waals surface area contributed by atoms with Crippen LogP contribution in [0.15, 0.2) is 47.4 Å². The number of hydrogen-bond acceptors (Lipinski definition) is 6. The minimum atomic E-state index is -6.15. The smallest absolute Gasteiger partial charge is 0.369 e. The van der Waals surface area contributed by atoms with Crippen molar-refractivity contribution in [1.29, 1.82) is 0 Å². The zero-order valence-corrected chi connectivity index (χ0v) is 25.9. The van der Waals surface area contributed by atoms with Crippen molar-refractivity contribution in [2.45, 2.75) is 79.9 Å². The number of likely N-dealkylation sites (tertiary alicyclic amines) is 1. The summed E-state index contributed by atoms with van der Waals surface area (Å²) in [6, 6.07) is 4.03. The second kappa shape index (κ2) is 13.1. The fourth-order valence-electron chi connectivity index (χ4n) is 5.95. The van der Waals surface area contributed by atoms with Gasteiger partial charge in [0.05, 0.1) is 16.6 Å². The molecule has 1 fully saturated rings. The molecule has 0 aliphatic carbocycles. The van der Waals surface area contributed by atoms with Crippen LogP contribution in [0.4, 0.5) is 36.4 Å². The Kier molecular flexibility index (Phi) is 10.1. The van der Waals surface area contributed by atoms with E-state index in [1.807, 2.05) is 7.05 Å². The second-order valence-electron chi connectivity index (χ2n) is 11.8. The van der Waals surface area contributed by atoms with E-state index in [2.05, 4.69) is 4.90 Å². The molecule has 1 saturated heterocycles. The van der Waals surface area contributed by atoms with E-state index in [0.29, 0.717) is 12.1 Å². The minimum absolute atomic E-state index is 0.0160. The molecule has 0 saturated carbocycles. The van der Waals surface area contributed by atoms with Crippen molar-refractivity contribution in [1.82, 2.24) is 9.80 Å². The highest BCUT2D eigenvalue weighted by atomic mass is 32.2. The number of hydrogen-bond donors (Lipinski definition) is 1. The van der Waals surface area contributed by atoms with Crippen molar-refractivity contribution in [3.05, 3.63) is 59.4 Å². The maximum absolute atomic E-state index is 13.8. The van der Waals surface area contributed by atoms with E-state index in [1.54, 1.807) is 11.9 Å². The van der Waals surface area contributed by atoms with Gasteiger partial charge in [-0.2, -0.15) is 26.3 Å². The number of sulfonamides is 1. The molecule has 0 aromatic heterocycles. The number of benzene rings is 2. The van der Waals surface area contributed by atoms with Gasteiger partial charge >= 0.3 is 12.4 Å². The molecule has 0 radical (unpaired) electrons. The van der Waals surface area contributed by atoms with Crippen molar-refractivity contribution < 1.29 is 53.8 Å². The summed E-state index contributed by atoms with van der Waals surface area (Å²) >= 11 is 0. The van der Waals surface area contributed by atoms with E-state index in [9.17, 15) is 53.8 Å². The average Bonchev–Trinajstić information content (AvgIpc) is 2.98. The number of rotatable bonds is 9. The van der Waals surface area contributed by atoms with Crippen molar-refractivity contribution in [2.24, 2.45) is 0 Å². The number of ketones is 1. The predicted octanol–water partition coefficient (Wildman–Crippen LogP) is 4.94. The van der Waals surface area contributed by atoms with Crippen molar-refractivity contribution in [2.75, 3.05) is 31.5 Å². The number of Topliss-reactive ketones (excluding diaryl/α,β-unsaturated/α-hetero) is 1. The Morgan fingerprint density at radius 1 is 0.935 bits per heavy atom. The molecule has 0 bridgehead atoms. The number of aliphatic hydroxyl groups is 1. The summed E-state index contributed by atoms with van der Waals surface area (Å²) in [4.78, 5) is 29.2. The number of anilines is 1. The van der Waals surface area contributed by atoms with E-state index < -0.39 is 62.5 Å². The molecular formula is C30H34F7N3O5S. The Hall–Kier alpha value is -3.24. The Bertz CT molecular complexity index is 1530. The molecule has 1 atom stereocenters. The first-order valence-corrected chi connectivity index (χ1v) is 16.0. The first-order valence-electron chi connectivity index (χ1n) is 14.5. The summed E-state index contributed by atoms with van der Waals surface area (Å²) in [5.74, 6) is -1.50. The van der Waals surface area contributed by atoms with E-state index in [-0.39, 0.29) is 48.9 Å². The third-order valence-corrected chi connectivity index (χ3v) is 10.6. The number of amides is 1. The maximum atomic E-state index is 13.8. The zero-order chi connectivity index (χ0) is 34.2. The molecular weight excluding hydrogens is 647 g/mol. The number of halogens is 7. The van der Waals surface area contributed by atoms with Crippen LogP contribution < -0.4 is 4.31 Å². The standard InChI is InChI=1S/C30H34F7N3O5S/c1-38-15-13-22(14-16-38)39(2)27(42)12-8-24(41)18-23-7-3-19-17-20(28(43,29(32,33)34)30(35,36)37)4-11-26(19)40(23)46(44,45)25-9-5-21(31)6-10-25/h4-6,9-11,17,22-23,43H,3,7-8,12-16,18H2,1-2H3/t23-/m0/s1. The first kappa shape index (κ1) is 35.6. The van der Waals surface area contributed by atoms with Crippen LogP contribution in [0.3, 0.4) is 0 Å². The van der Waals surface area contributed by atoms with Crippen LogP contribution in [0.5, 0.6) is 0 Å². The molecule has 0 unspecified atom stereocenters. The Morgan fingerprint density at radius 2 is 1.52 bits per heavy atom. The van der Waals surface area contributed by atoms with Gasteiger partial charge in [0.1, 0.15) is 11.6 Å². The predicted molar refractivity (Wildman–Crippen MR) is 153 cm³/mol. The number of carbonyl (C=O) groups is 2. The molecule has 4 rings (SSSR count). The van der Waals surface area contributed by atoms with Gasteiger partial charge in [0, 0.05) is 37.9 Å². The third kappa shape index (κ3) is 7.03. The molecule has 1 N–H and O–H groups in total. The quantitative estimate of drug-likeness (QED) is 0.377. The van der Waals surface area contributed by atoms with Crippen molar-refractivity contribution in [3.8, 4) is 0 Å². The summed E-state index contributed by atoms with van der Waals surface area (Å²) < 4.78 is 123. The SMILES string of the molecule is CN1CCC(N(C)C(=O)CCC(=O)C[C@@H]2CCc3cc(C(O)(C(F)(F)F)C(F)(F)F)ccc3N2S(=O)(=O)c2ccc(F)cc2)CC1. The molecule has 16 heteroatoms. The summed E-state index contributed by atoms with van der Waals surface area (Å²) in [6.45, 7) is 1.63. The first-order chi connectivity index (χ1) is 21.3. The van der Waals surface area contributed by atoms with Gasteiger partial charge < -0.3 is 14.9 Å². The highest BCUT2D eigenvalue weighted by Crippen LogP contribution is 2.51. The van der Waals surface area contributed by atoms with Crippen LogP contribution in [0.2, 0.25) is 0 Å². The van der Waals surface area contributed by atoms with Gasteiger partial charge in [0.25, 0.3) is 15.6 Å². The zero-order valence-electron chi connectivity index (χ0n) is 25.0. The summed E-state index contributed by atoms with van der Waals surface area (Å²) in [6.07, 6.45) is -11.9. The van der Waals surface area contributed by atoms with Crippen LogP contribution in [0, 0.1) is 5.82 Å². The average molecular weight is 682 g/mol. The molecule has 46 heavy (non-hydrogen) atoms. The summed E-state index contributed by atoms with van der Waals surface area (Å²) in [5, 5.41) is 9.90. The second-order valence-corrected chi connectivity index (χ2v) is 13.6. The third-order valence-electron chi connectivity index (χ3n) is 8.71. The van der Waals surface area contributed by atoms with Gasteiger partial charge in [0.2, 0.25) is 5.91 Å². The molecule has 254 valence electrons. The molecule has 2 aromatic rings. The van der Waals surface area contributed by atoms with Crippen LogP contribution >= 0.6 is 0 Å². The number of alkyl halides is 6. The van der Waals surface area contributed by atoms with Gasteiger partial charge in [-0.15, -0.1) is 0 Å². The maximum Gasteiger partial charge on any atom is 0.430 e. The Morgan fingerprint density at radius 3 is 2.09 bits per heavy atom. The monoisotopic (exact) mass is 681 g/mol. The fraction of sp³-hybridized carbons (Fsp3) is 0.533. The van der Waals surface area contributed by atoms with E-state index in [0.717, 1.165) is 60.6 Å². The molecule has 2 aliphatic heterocycles. The van der Waals surface area contributed by atoms with E-state index >= 15 is 0 Å². The van der Waals surface area contributed by atoms with Crippen LogP contribution in [-0.2, 0) is 31.6 Å². The van der Waals surface area contributed by atoms with Crippen LogP contribution in [0.25, 0.3) is 0 Å². The molecule has 2 heterocycles. The number of nitrogens with zero attached hydrogens (tertiary/aromatic N) is 3. The van der Waals surface area contributed by atoms with Gasteiger partial charge in [-0.1, -0.05) is 12.1 Å². The number of piperidine rings is 1. The van der Waals surface area contributed by atoms with Crippen LogP contribution in [0.1, 0.15) is 49.7 Å². The molecule has 2 aromatic carbocycles. The molecule has 8 nitrogen and oxygen atoms in total. The largest absolute Gasteiger partial charge is 0.430 e. The van der Waals surface area contributed by atoms with E-state index in [1.165, 1.54) is 0 Å². The summed E-state index contributed by atoms with van der Waals surface area (Å²) in [5.41, 5.74) is -7.31. The normalized spacial score (nSPS) is 18.7. The van der Waals surface area contributed by atoms with Crippen LogP contribution in [-0.4, -0.2) is 86.6 Å². The highest BCUT2D eigenvalue weighted by molar-refractivity contribution is 7.92. The summed E-state index contributed by atoms with van der Waals surface area (Å²) in [7, 11) is -0.994. The number of fused-ring (bicyclic) bond motifs is 1. The van der Waals surface area contributed by atoms with Crippen molar-refractivity contribution in [3.63, 3.8) is 0 Å². The van der Waals surface area contributed by atoms with Gasteiger partial charge in [-0.05, 0) is 81.7 Å². The number of carbonyl (C=O) groups excluding carboxylic acids is 2. The lowest BCUT2D eigenvalue weighted by Gasteiger charge is -2.39. The fourth-order valence-corrected chi connectivity index (χ4v) is 7.67. The lowest BCUT2D eigenvalue weighted by molar-refractivity contribution is -0.376. The molecule has 0 spiro atoms. The van der Waals surface area contributed by atoms with Gasteiger partial charge in [-0.3, -0.25) is 13.9 Å². The van der Waals surface area contributed by atoms with E-state index in [4.69, 9.17) is 0 Å². The highest BCUT2D eigenvalue weighted by Gasteiger charge is 2.71. The Balaban J connectivity index is 1.62. The molecule has 1 amide bonds. The lowest BCUT2D eigenvalue weighted by Crippen LogP contribution is -2.54. The lowest BCUT2D eigenvalue weighted by atomic mass is 9.87. The number of aryl methyl sites for hydroxylation is 1. The Labute approximate surface area is 261 Å². The minimum Gasteiger partial charge on any atom is -0.369 e. The topological polar surface area (TPSA) is 98.2 Å². The molecule has 2 aliphatic rings.